The zero-order valence-electron chi connectivity index (χ0n) is 19.6. The fourth-order valence-corrected chi connectivity index (χ4v) is 4.82. The number of rotatable bonds is 11. The normalized spacial score (nSPS) is 11.4. The smallest absolute Gasteiger partial charge is 0.311 e. The molecule has 0 saturated carbocycles. The summed E-state index contributed by atoms with van der Waals surface area (Å²) < 4.78 is 4.91. The Morgan fingerprint density at radius 3 is 2.64 bits per heavy atom. The van der Waals surface area contributed by atoms with Crippen LogP contribution in [0, 0.1) is 10.1 Å². The van der Waals surface area contributed by atoms with Crippen molar-refractivity contribution in [2.45, 2.75) is 36.8 Å². The molecule has 0 saturated heterocycles. The first kappa shape index (κ1) is 26.8. The van der Waals surface area contributed by atoms with Gasteiger partial charge in [-0.15, -0.1) is 23.1 Å². The minimum absolute atomic E-state index is 0.0427. The van der Waals surface area contributed by atoms with Crippen LogP contribution in [0.3, 0.4) is 0 Å². The molecule has 0 aliphatic heterocycles. The Hall–Kier alpha value is -3.77. The highest BCUT2D eigenvalue weighted by Crippen LogP contribution is 2.29. The van der Waals surface area contributed by atoms with Crippen LogP contribution in [0.25, 0.3) is 0 Å². The predicted octanol–water partition coefficient (Wildman–Crippen LogP) is 4.92. The molecule has 0 radical (unpaired) electrons. The van der Waals surface area contributed by atoms with Gasteiger partial charge in [0.25, 0.3) is 11.6 Å². The number of hydrogen-bond acceptors (Lipinski definition) is 9. The number of nitro benzene ring substituents is 1. The SMILES string of the molecule is CCOC(=O)Cc1csc(NC(=O)C(CC)Sc2cccc(NC(=O)c3cccc([N+](=O)[O-])c3)c2)n1. The van der Waals surface area contributed by atoms with Gasteiger partial charge in [0.1, 0.15) is 0 Å². The van der Waals surface area contributed by atoms with Gasteiger partial charge in [-0.25, -0.2) is 4.98 Å². The molecule has 12 heteroatoms. The van der Waals surface area contributed by atoms with Crippen LogP contribution < -0.4 is 10.6 Å². The summed E-state index contributed by atoms with van der Waals surface area (Å²) in [5.41, 5.74) is 1.02. The van der Waals surface area contributed by atoms with E-state index in [0.29, 0.717) is 29.5 Å². The number of esters is 1. The number of benzene rings is 2. The van der Waals surface area contributed by atoms with Crippen LogP contribution in [-0.4, -0.2) is 39.5 Å². The summed E-state index contributed by atoms with van der Waals surface area (Å²) in [5.74, 6) is -1.08. The number of carbonyl (C=O) groups excluding carboxylic acids is 3. The van der Waals surface area contributed by atoms with Crippen LogP contribution in [0.4, 0.5) is 16.5 Å². The number of ether oxygens (including phenoxy) is 1. The lowest BCUT2D eigenvalue weighted by atomic mass is 10.2. The number of nitrogens with zero attached hydrogens (tertiary/aromatic N) is 2. The van der Waals surface area contributed by atoms with Crippen molar-refractivity contribution in [2.75, 3.05) is 17.2 Å². The largest absolute Gasteiger partial charge is 0.466 e. The number of aromatic nitrogens is 1. The summed E-state index contributed by atoms with van der Waals surface area (Å²) in [7, 11) is 0. The Balaban J connectivity index is 1.62. The molecule has 36 heavy (non-hydrogen) atoms. The Labute approximate surface area is 215 Å². The van der Waals surface area contributed by atoms with E-state index in [1.54, 1.807) is 30.5 Å². The molecule has 1 atom stereocenters. The maximum absolute atomic E-state index is 12.8. The first-order valence-corrected chi connectivity index (χ1v) is 12.8. The van der Waals surface area contributed by atoms with Crippen LogP contribution in [0.5, 0.6) is 0 Å². The maximum Gasteiger partial charge on any atom is 0.311 e. The third kappa shape index (κ3) is 7.62. The Morgan fingerprint density at radius 2 is 1.92 bits per heavy atom. The molecule has 10 nitrogen and oxygen atoms in total. The third-order valence-electron chi connectivity index (χ3n) is 4.77. The van der Waals surface area contributed by atoms with Gasteiger partial charge >= 0.3 is 5.97 Å². The van der Waals surface area contributed by atoms with Crippen LogP contribution in [0.15, 0.2) is 58.8 Å². The fraction of sp³-hybridized carbons (Fsp3) is 0.250. The number of anilines is 2. The van der Waals surface area contributed by atoms with Crippen LogP contribution >= 0.6 is 23.1 Å². The minimum atomic E-state index is -0.559. The number of nitrogens with one attached hydrogen (secondary N) is 2. The van der Waals surface area contributed by atoms with Gasteiger partial charge in [-0.3, -0.25) is 24.5 Å². The summed E-state index contributed by atoms with van der Waals surface area (Å²) >= 11 is 2.57. The molecule has 0 aliphatic carbocycles. The van der Waals surface area contributed by atoms with Gasteiger partial charge in [0.15, 0.2) is 5.13 Å². The van der Waals surface area contributed by atoms with Gasteiger partial charge in [0.05, 0.1) is 28.9 Å². The second-order valence-corrected chi connectivity index (χ2v) is 9.55. The molecule has 188 valence electrons. The maximum atomic E-state index is 12.8. The lowest BCUT2D eigenvalue weighted by Crippen LogP contribution is -2.24. The number of hydrogen-bond donors (Lipinski definition) is 2. The highest BCUT2D eigenvalue weighted by Gasteiger charge is 2.20. The summed E-state index contributed by atoms with van der Waals surface area (Å²) in [5, 5.41) is 18.2. The topological polar surface area (TPSA) is 141 Å². The Kier molecular flexibility index (Phi) is 9.53. The molecule has 1 aromatic heterocycles. The second kappa shape index (κ2) is 12.8. The zero-order valence-corrected chi connectivity index (χ0v) is 21.2. The monoisotopic (exact) mass is 528 g/mol. The van der Waals surface area contributed by atoms with Crippen molar-refractivity contribution in [3.63, 3.8) is 0 Å². The lowest BCUT2D eigenvalue weighted by molar-refractivity contribution is -0.384. The van der Waals surface area contributed by atoms with Crippen molar-refractivity contribution >= 4 is 57.4 Å². The molecular weight excluding hydrogens is 504 g/mol. The molecule has 2 N–H and O–H groups in total. The molecule has 0 bridgehead atoms. The van der Waals surface area contributed by atoms with Crippen LogP contribution in [-0.2, 0) is 20.7 Å². The fourth-order valence-electron chi connectivity index (χ4n) is 3.09. The van der Waals surface area contributed by atoms with E-state index in [0.717, 1.165) is 4.90 Å². The van der Waals surface area contributed by atoms with Gasteiger partial charge < -0.3 is 15.4 Å². The minimum Gasteiger partial charge on any atom is -0.466 e. The van der Waals surface area contributed by atoms with E-state index in [9.17, 15) is 24.5 Å². The molecule has 1 unspecified atom stereocenters. The van der Waals surface area contributed by atoms with Crippen molar-refractivity contribution in [3.05, 3.63) is 75.3 Å². The summed E-state index contributed by atoms with van der Waals surface area (Å²) in [6.07, 6.45) is 0.586. The standard InChI is InChI=1S/C24H24N4O6S2/c1-3-20(23(31)27-24-26-17(14-35-24)13-21(29)34-4-2)36-19-10-6-8-16(12-19)25-22(30)15-7-5-9-18(11-15)28(32)33/h5-12,14,20H,3-4,13H2,1-2H3,(H,25,30)(H,26,27,31). The van der Waals surface area contributed by atoms with Gasteiger partial charge in [-0.2, -0.15) is 0 Å². The molecule has 3 rings (SSSR count). The zero-order chi connectivity index (χ0) is 26.1. The number of thioether (sulfide) groups is 1. The quantitative estimate of drug-likeness (QED) is 0.155. The molecule has 2 amide bonds. The van der Waals surface area contributed by atoms with E-state index in [2.05, 4.69) is 15.6 Å². The summed E-state index contributed by atoms with van der Waals surface area (Å²) in [4.78, 5) is 52.4. The van der Waals surface area contributed by atoms with E-state index in [1.807, 2.05) is 13.0 Å². The predicted molar refractivity (Wildman–Crippen MR) is 139 cm³/mol. The number of nitro groups is 1. The van der Waals surface area contributed by atoms with Gasteiger partial charge in [0, 0.05) is 33.7 Å². The molecule has 2 aromatic carbocycles. The molecule has 1 heterocycles. The van der Waals surface area contributed by atoms with Crippen molar-refractivity contribution in [1.82, 2.24) is 4.98 Å². The van der Waals surface area contributed by atoms with Crippen molar-refractivity contribution in [2.24, 2.45) is 0 Å². The molecule has 0 spiro atoms. The third-order valence-corrected chi connectivity index (χ3v) is 6.93. The summed E-state index contributed by atoms with van der Waals surface area (Å²) in [6, 6.07) is 12.5. The number of thiazole rings is 1. The highest BCUT2D eigenvalue weighted by molar-refractivity contribution is 8.00. The van der Waals surface area contributed by atoms with E-state index in [4.69, 9.17) is 4.74 Å². The first-order chi connectivity index (χ1) is 17.3. The first-order valence-electron chi connectivity index (χ1n) is 11.0. The van der Waals surface area contributed by atoms with Crippen LogP contribution in [0.1, 0.15) is 36.3 Å². The summed E-state index contributed by atoms with van der Waals surface area (Å²) in [6.45, 7) is 3.91. The van der Waals surface area contributed by atoms with Crippen molar-refractivity contribution < 1.29 is 24.0 Å². The average Bonchev–Trinajstić information content (AvgIpc) is 3.29. The van der Waals surface area contributed by atoms with E-state index in [1.165, 1.54) is 47.4 Å². The highest BCUT2D eigenvalue weighted by atomic mass is 32.2. The molecule has 0 fully saturated rings. The Morgan fingerprint density at radius 1 is 1.14 bits per heavy atom. The number of non-ortho nitro benzene ring substituents is 1. The number of amides is 2. The van der Waals surface area contributed by atoms with E-state index in [-0.39, 0.29) is 29.5 Å². The van der Waals surface area contributed by atoms with Crippen molar-refractivity contribution in [1.29, 1.82) is 0 Å². The van der Waals surface area contributed by atoms with Gasteiger partial charge in [0.2, 0.25) is 5.91 Å². The van der Waals surface area contributed by atoms with Crippen molar-refractivity contribution in [3.8, 4) is 0 Å². The van der Waals surface area contributed by atoms with Gasteiger partial charge in [-0.1, -0.05) is 19.1 Å². The van der Waals surface area contributed by atoms with Gasteiger partial charge in [-0.05, 0) is 37.6 Å². The molecule has 0 aliphatic rings. The lowest BCUT2D eigenvalue weighted by Gasteiger charge is -2.14. The molecular formula is C24H24N4O6S2. The molecule has 3 aromatic rings. The number of carbonyl (C=O) groups is 3. The van der Waals surface area contributed by atoms with E-state index < -0.39 is 16.1 Å². The van der Waals surface area contributed by atoms with Crippen LogP contribution in [0.2, 0.25) is 0 Å². The average molecular weight is 529 g/mol. The second-order valence-electron chi connectivity index (χ2n) is 7.42. The Bertz CT molecular complexity index is 1260. The van der Waals surface area contributed by atoms with E-state index >= 15 is 0 Å².